The predicted molar refractivity (Wildman–Crippen MR) is 78.8 cm³/mol. The minimum atomic E-state index is -3.84. The van der Waals surface area contributed by atoms with Crippen molar-refractivity contribution in [3.05, 3.63) is 0 Å². The maximum absolute atomic E-state index is 12.0. The van der Waals surface area contributed by atoms with E-state index in [1.54, 1.807) is 0 Å². The van der Waals surface area contributed by atoms with E-state index in [0.717, 1.165) is 13.8 Å². The maximum Gasteiger partial charge on any atom is 0.235 e. The van der Waals surface area contributed by atoms with E-state index in [0.29, 0.717) is 13.8 Å². The van der Waals surface area contributed by atoms with Crippen molar-refractivity contribution in [3.8, 4) is 0 Å². The van der Waals surface area contributed by atoms with Crippen molar-refractivity contribution in [1.82, 2.24) is 5.32 Å². The summed E-state index contributed by atoms with van der Waals surface area (Å²) in [5, 5.41) is 52.7. The first-order valence-corrected chi connectivity index (χ1v) is 6.94. The zero-order valence-corrected chi connectivity index (χ0v) is 14.0. The third kappa shape index (κ3) is 3.50. The van der Waals surface area contributed by atoms with Crippen LogP contribution in [-0.4, -0.2) is 84.2 Å². The number of aldehydes is 1. The molecule has 0 aromatic carbocycles. The number of aliphatic hydroxyl groups is 5. The van der Waals surface area contributed by atoms with Crippen LogP contribution in [0.1, 0.15) is 27.7 Å². The van der Waals surface area contributed by atoms with E-state index in [9.17, 15) is 49.5 Å². The molecule has 25 heavy (non-hydrogen) atoms. The highest BCUT2D eigenvalue weighted by Crippen LogP contribution is 2.37. The average molecular weight is 363 g/mol. The van der Waals surface area contributed by atoms with Gasteiger partial charge in [-0.05, 0) is 20.8 Å². The summed E-state index contributed by atoms with van der Waals surface area (Å²) >= 11 is 0. The second-order valence-corrected chi connectivity index (χ2v) is 5.65. The molecular formula is C14H21NO10. The molecule has 5 atom stereocenters. The van der Waals surface area contributed by atoms with Crippen molar-refractivity contribution in [2.24, 2.45) is 0 Å². The summed E-state index contributed by atoms with van der Waals surface area (Å²) in [7, 11) is 0. The van der Waals surface area contributed by atoms with E-state index < -0.39 is 58.7 Å². The van der Waals surface area contributed by atoms with Gasteiger partial charge in [-0.15, -0.1) is 0 Å². The molecular weight excluding hydrogens is 342 g/mol. The third-order valence-corrected chi connectivity index (χ3v) is 3.83. The summed E-state index contributed by atoms with van der Waals surface area (Å²) in [4.78, 5) is 57.7. The molecule has 0 aliphatic heterocycles. The lowest BCUT2D eigenvalue weighted by atomic mass is 9.66. The largest absolute Gasteiger partial charge is 0.386 e. The van der Waals surface area contributed by atoms with Crippen molar-refractivity contribution in [2.45, 2.75) is 56.8 Å². The molecule has 0 aliphatic carbocycles. The fourth-order valence-corrected chi connectivity index (χ4v) is 2.43. The van der Waals surface area contributed by atoms with E-state index in [-0.39, 0.29) is 0 Å². The number of aliphatic hydroxyl groups excluding tert-OH is 2. The van der Waals surface area contributed by atoms with Gasteiger partial charge in [0.15, 0.2) is 29.2 Å². The van der Waals surface area contributed by atoms with Crippen molar-refractivity contribution in [2.75, 3.05) is 0 Å². The highest BCUT2D eigenvalue weighted by atomic mass is 16.4. The van der Waals surface area contributed by atoms with Crippen LogP contribution in [0.2, 0.25) is 0 Å². The third-order valence-electron chi connectivity index (χ3n) is 3.83. The van der Waals surface area contributed by atoms with Crippen molar-refractivity contribution >= 4 is 29.5 Å². The van der Waals surface area contributed by atoms with Gasteiger partial charge in [-0.1, -0.05) is 0 Å². The van der Waals surface area contributed by atoms with E-state index in [1.807, 2.05) is 0 Å². The number of Topliss-reactive ketones (excluding diaryl/α,β-unsaturated/α-hetero) is 3. The van der Waals surface area contributed by atoms with E-state index in [2.05, 4.69) is 0 Å². The molecule has 11 heteroatoms. The molecule has 0 fully saturated rings. The van der Waals surface area contributed by atoms with Gasteiger partial charge in [-0.25, -0.2) is 0 Å². The topological polar surface area (TPSA) is 199 Å². The predicted octanol–water partition coefficient (Wildman–Crippen LogP) is -4.04. The van der Waals surface area contributed by atoms with Gasteiger partial charge in [0.1, 0.15) is 12.2 Å². The summed E-state index contributed by atoms with van der Waals surface area (Å²) in [6, 6.07) is 0. The molecule has 0 aromatic rings. The smallest absolute Gasteiger partial charge is 0.235 e. The van der Waals surface area contributed by atoms with Gasteiger partial charge in [0.25, 0.3) is 0 Å². The van der Waals surface area contributed by atoms with Crippen LogP contribution >= 0.6 is 0 Å². The van der Waals surface area contributed by atoms with Crippen LogP contribution < -0.4 is 5.32 Å². The molecule has 0 heterocycles. The quantitative estimate of drug-likeness (QED) is 0.173. The highest BCUT2D eigenvalue weighted by Gasteiger charge is 2.72. The first-order chi connectivity index (χ1) is 11.1. The Bertz CT molecular complexity index is 604. The first-order valence-electron chi connectivity index (χ1n) is 6.94. The van der Waals surface area contributed by atoms with Crippen LogP contribution in [0.25, 0.3) is 0 Å². The van der Waals surface area contributed by atoms with Crippen molar-refractivity contribution in [3.63, 3.8) is 0 Å². The van der Waals surface area contributed by atoms with Crippen molar-refractivity contribution < 1.29 is 49.5 Å². The van der Waals surface area contributed by atoms with E-state index in [1.165, 1.54) is 5.32 Å². The lowest BCUT2D eigenvalue weighted by Gasteiger charge is -2.49. The highest BCUT2D eigenvalue weighted by molar-refractivity contribution is 6.02. The van der Waals surface area contributed by atoms with Crippen LogP contribution in [-0.2, 0) is 24.0 Å². The lowest BCUT2D eigenvalue weighted by molar-refractivity contribution is -0.257. The van der Waals surface area contributed by atoms with Crippen LogP contribution in [0.15, 0.2) is 0 Å². The Morgan fingerprint density at radius 1 is 0.920 bits per heavy atom. The number of carbonyl (C=O) groups excluding carboxylic acids is 5. The molecule has 1 amide bonds. The second kappa shape index (κ2) is 7.45. The normalized spacial score (nSPS) is 20.8. The van der Waals surface area contributed by atoms with Crippen LogP contribution in [0.3, 0.4) is 0 Å². The number of rotatable bonds is 9. The summed E-state index contributed by atoms with van der Waals surface area (Å²) in [5.74, 6) is -5.51. The van der Waals surface area contributed by atoms with Gasteiger partial charge in [-0.2, -0.15) is 0 Å². The van der Waals surface area contributed by atoms with Gasteiger partial charge in [0.2, 0.25) is 17.2 Å². The monoisotopic (exact) mass is 363 g/mol. The molecule has 11 nitrogen and oxygen atoms in total. The molecule has 0 radical (unpaired) electrons. The number of amides is 1. The summed E-state index contributed by atoms with van der Waals surface area (Å²) in [5.41, 5.74) is -11.1. The number of ketones is 3. The molecule has 0 saturated heterocycles. The minimum Gasteiger partial charge on any atom is -0.386 e. The fraction of sp³-hybridized carbons (Fsp3) is 0.643. The Balaban J connectivity index is 6.82. The lowest BCUT2D eigenvalue weighted by Crippen LogP contribution is -2.82. The Hall–Kier alpha value is -2.05. The Labute approximate surface area is 142 Å². The molecule has 0 rings (SSSR count). The molecule has 0 saturated carbocycles. The molecule has 142 valence electrons. The summed E-state index contributed by atoms with van der Waals surface area (Å²) in [6.45, 7) is 2.64. The summed E-state index contributed by atoms with van der Waals surface area (Å²) < 4.78 is 0. The summed E-state index contributed by atoms with van der Waals surface area (Å²) in [6.07, 6.45) is -5.83. The van der Waals surface area contributed by atoms with E-state index >= 15 is 0 Å². The van der Waals surface area contributed by atoms with E-state index in [4.69, 9.17) is 0 Å². The van der Waals surface area contributed by atoms with Gasteiger partial charge >= 0.3 is 0 Å². The van der Waals surface area contributed by atoms with Crippen LogP contribution in [0, 0.1) is 0 Å². The zero-order chi connectivity index (χ0) is 20.4. The molecule has 0 aromatic heterocycles. The first kappa shape index (κ1) is 22.9. The Morgan fingerprint density at radius 3 is 1.60 bits per heavy atom. The van der Waals surface area contributed by atoms with Crippen LogP contribution in [0.4, 0.5) is 0 Å². The minimum absolute atomic E-state index is 0.539. The maximum atomic E-state index is 12.0. The average Bonchev–Trinajstić information content (AvgIpc) is 2.49. The number of hydrogen-bond donors (Lipinski definition) is 6. The van der Waals surface area contributed by atoms with Crippen molar-refractivity contribution in [1.29, 1.82) is 0 Å². The van der Waals surface area contributed by atoms with Gasteiger partial charge in [0, 0.05) is 6.92 Å². The number of hydrogen-bond acceptors (Lipinski definition) is 10. The standard InChI is InChI=1S/C14H21NO10/c1-6(17)10(21)11(22)13(24,7(2)18)14(25,8(3)19)12(23,5-16)15-9(4)20/h5,10-11,21-25H,1-4H3,(H,15,20). The molecule has 0 spiro atoms. The SMILES string of the molecule is CC(=O)NC(O)(C=O)C(O)(C(C)=O)C(O)(C(C)=O)C(O)C(O)C(C)=O. The fourth-order valence-electron chi connectivity index (χ4n) is 2.43. The second-order valence-electron chi connectivity index (χ2n) is 5.65. The zero-order valence-electron chi connectivity index (χ0n) is 14.0. The number of nitrogens with one attached hydrogen (secondary N) is 1. The van der Waals surface area contributed by atoms with Gasteiger partial charge < -0.3 is 30.8 Å². The molecule has 0 bridgehead atoms. The molecule has 6 N–H and O–H groups in total. The Kier molecular flexibility index (Phi) is 6.84. The number of carbonyl (C=O) groups is 5. The van der Waals surface area contributed by atoms with Crippen LogP contribution in [0.5, 0.6) is 0 Å². The van der Waals surface area contributed by atoms with Gasteiger partial charge in [-0.3, -0.25) is 24.0 Å². The van der Waals surface area contributed by atoms with Gasteiger partial charge in [0.05, 0.1) is 0 Å². The molecule has 0 aliphatic rings. The molecule has 5 unspecified atom stereocenters. The Morgan fingerprint density at radius 2 is 1.36 bits per heavy atom.